The summed E-state index contributed by atoms with van der Waals surface area (Å²) in [6.45, 7) is 0. The first kappa shape index (κ1) is 16.1. The lowest BCUT2D eigenvalue weighted by Crippen LogP contribution is -2.34. The molecule has 5 nitrogen and oxygen atoms in total. The number of ether oxygens (including phenoxy) is 3. The smallest absolute Gasteiger partial charge is 0.497 e. The van der Waals surface area contributed by atoms with Crippen molar-refractivity contribution in [1.82, 2.24) is 0 Å². The molecule has 1 unspecified atom stereocenters. The van der Waals surface area contributed by atoms with Crippen LogP contribution in [-0.2, 0) is 16.0 Å². The number of benzene rings is 1. The lowest BCUT2D eigenvalue weighted by atomic mass is 10.1. The van der Waals surface area contributed by atoms with E-state index in [-0.39, 0.29) is 17.7 Å². The Hall–Kier alpha value is -1.96. The zero-order valence-corrected chi connectivity index (χ0v) is 10.9. The Kier molecular flexibility index (Phi) is 5.20. The summed E-state index contributed by atoms with van der Waals surface area (Å²) in [5.74, 6) is -0.991. The van der Waals surface area contributed by atoms with Crippen LogP contribution < -0.4 is 15.2 Å². The summed E-state index contributed by atoms with van der Waals surface area (Å²) < 4.78 is 50.1. The van der Waals surface area contributed by atoms with Gasteiger partial charge >= 0.3 is 12.3 Å². The molecule has 0 heterocycles. The van der Waals surface area contributed by atoms with Crippen LogP contribution in [0.5, 0.6) is 11.5 Å². The zero-order valence-electron chi connectivity index (χ0n) is 10.9. The van der Waals surface area contributed by atoms with Crippen molar-refractivity contribution in [2.75, 3.05) is 14.2 Å². The van der Waals surface area contributed by atoms with Crippen LogP contribution in [0.25, 0.3) is 0 Å². The summed E-state index contributed by atoms with van der Waals surface area (Å²) in [5.41, 5.74) is 5.65. The van der Waals surface area contributed by atoms with Gasteiger partial charge in [0, 0.05) is 12.5 Å². The van der Waals surface area contributed by atoms with Gasteiger partial charge in [0.15, 0.2) is 0 Å². The highest BCUT2D eigenvalue weighted by Crippen LogP contribution is 2.30. The van der Waals surface area contributed by atoms with E-state index in [9.17, 15) is 18.0 Å². The third-order valence-corrected chi connectivity index (χ3v) is 2.44. The summed E-state index contributed by atoms with van der Waals surface area (Å²) in [4.78, 5) is 11.2. The Bertz CT molecular complexity index is 476. The Balaban J connectivity index is 3.02. The summed E-state index contributed by atoms with van der Waals surface area (Å²) in [6, 6.07) is 2.79. The van der Waals surface area contributed by atoms with E-state index in [0.29, 0.717) is 0 Å². The fourth-order valence-electron chi connectivity index (χ4n) is 1.52. The van der Waals surface area contributed by atoms with Gasteiger partial charge in [-0.15, -0.1) is 13.2 Å². The van der Waals surface area contributed by atoms with Gasteiger partial charge in [-0.05, 0) is 11.6 Å². The van der Waals surface area contributed by atoms with Crippen molar-refractivity contribution in [3.8, 4) is 11.5 Å². The van der Waals surface area contributed by atoms with Crippen LogP contribution in [0.3, 0.4) is 0 Å². The summed E-state index contributed by atoms with van der Waals surface area (Å²) >= 11 is 0. The van der Waals surface area contributed by atoms with Crippen LogP contribution in [0.2, 0.25) is 0 Å². The second-order valence-corrected chi connectivity index (χ2v) is 3.86. The maximum atomic E-state index is 12.3. The highest BCUT2D eigenvalue weighted by molar-refractivity contribution is 5.75. The van der Waals surface area contributed by atoms with Gasteiger partial charge in [0.2, 0.25) is 0 Å². The second-order valence-electron chi connectivity index (χ2n) is 3.86. The molecule has 0 fully saturated rings. The lowest BCUT2D eigenvalue weighted by Gasteiger charge is -2.16. The quantitative estimate of drug-likeness (QED) is 0.836. The number of carbonyl (C=O) groups excluding carboxylic acids is 1. The fourth-order valence-corrected chi connectivity index (χ4v) is 1.52. The molecule has 20 heavy (non-hydrogen) atoms. The predicted molar refractivity (Wildman–Crippen MR) is 63.4 cm³/mol. The third-order valence-electron chi connectivity index (χ3n) is 2.44. The number of alkyl halides is 3. The molecule has 0 saturated carbocycles. The average Bonchev–Trinajstić information content (AvgIpc) is 2.37. The minimum absolute atomic E-state index is 0.126. The first-order chi connectivity index (χ1) is 9.26. The van der Waals surface area contributed by atoms with E-state index in [1.807, 2.05) is 0 Å². The molecule has 0 radical (unpaired) electrons. The van der Waals surface area contributed by atoms with Crippen LogP contribution in [0.15, 0.2) is 18.2 Å². The Labute approximate surface area is 113 Å². The molecule has 0 bridgehead atoms. The van der Waals surface area contributed by atoms with E-state index in [2.05, 4.69) is 9.47 Å². The molecule has 112 valence electrons. The van der Waals surface area contributed by atoms with E-state index in [0.717, 1.165) is 13.2 Å². The molecule has 1 atom stereocenters. The van der Waals surface area contributed by atoms with Gasteiger partial charge in [-0.2, -0.15) is 0 Å². The lowest BCUT2D eigenvalue weighted by molar-refractivity contribution is -0.274. The number of rotatable bonds is 5. The topological polar surface area (TPSA) is 70.8 Å². The maximum Gasteiger partial charge on any atom is 0.573 e. The molecule has 0 aliphatic carbocycles. The van der Waals surface area contributed by atoms with E-state index in [1.54, 1.807) is 0 Å². The molecule has 8 heteroatoms. The molecule has 0 aliphatic rings. The minimum atomic E-state index is -4.85. The van der Waals surface area contributed by atoms with Crippen molar-refractivity contribution in [3.05, 3.63) is 23.8 Å². The van der Waals surface area contributed by atoms with Crippen LogP contribution >= 0.6 is 0 Å². The number of hydrogen-bond acceptors (Lipinski definition) is 5. The Morgan fingerprint density at radius 1 is 1.35 bits per heavy atom. The molecule has 0 aliphatic heterocycles. The van der Waals surface area contributed by atoms with Crippen LogP contribution in [0.1, 0.15) is 5.56 Å². The first-order valence-corrected chi connectivity index (χ1v) is 5.53. The Morgan fingerprint density at radius 2 is 2.00 bits per heavy atom. The molecule has 0 spiro atoms. The van der Waals surface area contributed by atoms with E-state index in [1.165, 1.54) is 19.2 Å². The molecule has 2 N–H and O–H groups in total. The van der Waals surface area contributed by atoms with E-state index >= 15 is 0 Å². The number of hydrogen-bond donors (Lipinski definition) is 1. The van der Waals surface area contributed by atoms with Gasteiger partial charge in [-0.3, -0.25) is 4.79 Å². The largest absolute Gasteiger partial charge is 0.573 e. The average molecular weight is 293 g/mol. The van der Waals surface area contributed by atoms with Crippen molar-refractivity contribution >= 4 is 5.97 Å². The van der Waals surface area contributed by atoms with Gasteiger partial charge in [-0.25, -0.2) is 0 Å². The number of halogens is 3. The van der Waals surface area contributed by atoms with Crippen LogP contribution in [-0.4, -0.2) is 32.6 Å². The Morgan fingerprint density at radius 3 is 2.50 bits per heavy atom. The van der Waals surface area contributed by atoms with Crippen molar-refractivity contribution in [2.45, 2.75) is 18.8 Å². The third kappa shape index (κ3) is 4.61. The van der Waals surface area contributed by atoms with Gasteiger partial charge in [-0.1, -0.05) is 6.07 Å². The molecular formula is C12H14F3NO4. The summed E-state index contributed by atoms with van der Waals surface area (Å²) in [5, 5.41) is 0. The van der Waals surface area contributed by atoms with Crippen molar-refractivity contribution in [1.29, 1.82) is 0 Å². The highest BCUT2D eigenvalue weighted by Gasteiger charge is 2.32. The monoisotopic (exact) mass is 293 g/mol. The second kappa shape index (κ2) is 6.47. The standard InChI is InChI=1S/C12H14F3NO4/c1-18-8-4-3-7(5-9(16)11(17)19-2)10(6-8)20-12(13,14)15/h3-4,6,9H,5,16H2,1-2H3. The summed E-state index contributed by atoms with van der Waals surface area (Å²) in [7, 11) is 2.45. The van der Waals surface area contributed by atoms with Gasteiger partial charge in [0.25, 0.3) is 0 Å². The van der Waals surface area contributed by atoms with Crippen molar-refractivity contribution in [2.24, 2.45) is 5.73 Å². The molecule has 1 aromatic rings. The number of nitrogens with two attached hydrogens (primary N) is 1. The van der Waals surface area contributed by atoms with Gasteiger partial charge < -0.3 is 19.9 Å². The van der Waals surface area contributed by atoms with Crippen molar-refractivity contribution in [3.63, 3.8) is 0 Å². The maximum absolute atomic E-state index is 12.3. The molecule has 0 amide bonds. The predicted octanol–water partition coefficient (Wildman–Crippen LogP) is 1.64. The SMILES string of the molecule is COC(=O)C(N)Cc1ccc(OC)cc1OC(F)(F)F. The minimum Gasteiger partial charge on any atom is -0.497 e. The molecule has 1 rings (SSSR count). The molecule has 0 aromatic heterocycles. The van der Waals surface area contributed by atoms with Crippen LogP contribution in [0, 0.1) is 0 Å². The van der Waals surface area contributed by atoms with Crippen LogP contribution in [0.4, 0.5) is 13.2 Å². The number of carbonyl (C=O) groups is 1. The highest BCUT2D eigenvalue weighted by atomic mass is 19.4. The molecule has 1 aromatic carbocycles. The molecule has 0 saturated heterocycles. The van der Waals surface area contributed by atoms with Gasteiger partial charge in [0.05, 0.1) is 14.2 Å². The first-order valence-electron chi connectivity index (χ1n) is 5.53. The molecular weight excluding hydrogens is 279 g/mol. The van der Waals surface area contributed by atoms with E-state index < -0.39 is 24.1 Å². The van der Waals surface area contributed by atoms with E-state index in [4.69, 9.17) is 10.5 Å². The van der Waals surface area contributed by atoms with Gasteiger partial charge in [0.1, 0.15) is 17.5 Å². The summed E-state index contributed by atoms with van der Waals surface area (Å²) in [6.07, 6.45) is -5.00. The fraction of sp³-hybridized carbons (Fsp3) is 0.417. The number of esters is 1. The van der Waals surface area contributed by atoms with Crippen molar-refractivity contribution < 1.29 is 32.2 Å². The zero-order chi connectivity index (χ0) is 15.3. The number of methoxy groups -OCH3 is 2. The normalized spacial score (nSPS) is 12.7.